The summed E-state index contributed by atoms with van der Waals surface area (Å²) in [7, 11) is 0. The molecule has 3 heteroatoms. The Labute approximate surface area is 138 Å². The van der Waals surface area contributed by atoms with Crippen LogP contribution in [0.2, 0.25) is 0 Å². The normalized spacial score (nSPS) is 10.7. The first-order valence-electron chi connectivity index (χ1n) is 8.01. The van der Waals surface area contributed by atoms with Crippen LogP contribution < -0.4 is 4.74 Å². The van der Waals surface area contributed by atoms with Crippen LogP contribution >= 0.6 is 0 Å². The number of rotatable bonds is 6. The van der Waals surface area contributed by atoms with E-state index in [1.54, 1.807) is 0 Å². The van der Waals surface area contributed by atoms with Crippen LogP contribution in [0.25, 0.3) is 0 Å². The highest BCUT2D eigenvalue weighted by Gasteiger charge is 2.18. The van der Waals surface area contributed by atoms with Gasteiger partial charge in [0.2, 0.25) is 0 Å². The summed E-state index contributed by atoms with van der Waals surface area (Å²) in [6.07, 6.45) is 0. The molecule has 1 amide bonds. The second-order valence-electron chi connectivity index (χ2n) is 6.11. The lowest BCUT2D eigenvalue weighted by Crippen LogP contribution is -2.39. The monoisotopic (exact) mass is 311 g/mol. The fraction of sp³-hybridized carbons (Fsp3) is 0.350. The van der Waals surface area contributed by atoms with E-state index in [-0.39, 0.29) is 18.6 Å². The number of carbonyl (C=O) groups excluding carboxylic acids is 1. The lowest BCUT2D eigenvalue weighted by atomic mass is 10.1. The highest BCUT2D eigenvalue weighted by Crippen LogP contribution is 2.22. The number of ether oxygens (including phenoxy) is 1. The zero-order valence-corrected chi connectivity index (χ0v) is 14.4. The third-order valence-electron chi connectivity index (χ3n) is 3.89. The van der Waals surface area contributed by atoms with Gasteiger partial charge in [-0.25, -0.2) is 0 Å². The van der Waals surface area contributed by atoms with Crippen LogP contribution in [0.1, 0.15) is 30.5 Å². The first kappa shape index (κ1) is 17.1. The molecule has 0 radical (unpaired) electrons. The molecule has 2 rings (SSSR count). The van der Waals surface area contributed by atoms with E-state index in [1.807, 2.05) is 81.1 Å². The molecule has 0 heterocycles. The van der Waals surface area contributed by atoms with Crippen molar-refractivity contribution < 1.29 is 9.53 Å². The maximum Gasteiger partial charge on any atom is 0.261 e. The molecule has 0 N–H and O–H groups in total. The molecule has 23 heavy (non-hydrogen) atoms. The summed E-state index contributed by atoms with van der Waals surface area (Å²) >= 11 is 0. The van der Waals surface area contributed by atoms with Gasteiger partial charge >= 0.3 is 0 Å². The quantitative estimate of drug-likeness (QED) is 0.803. The minimum absolute atomic E-state index is 0.00602. The summed E-state index contributed by atoms with van der Waals surface area (Å²) in [4.78, 5) is 14.4. The number of hydrogen-bond acceptors (Lipinski definition) is 2. The van der Waals surface area contributed by atoms with Gasteiger partial charge in [-0.05, 0) is 44.4 Å². The Balaban J connectivity index is 2.04. The average Bonchev–Trinajstić information content (AvgIpc) is 2.52. The fourth-order valence-electron chi connectivity index (χ4n) is 2.58. The van der Waals surface area contributed by atoms with Gasteiger partial charge in [-0.3, -0.25) is 4.79 Å². The third-order valence-corrected chi connectivity index (χ3v) is 3.89. The summed E-state index contributed by atoms with van der Waals surface area (Å²) in [5, 5.41) is 0. The number of carbonyl (C=O) groups is 1. The van der Waals surface area contributed by atoms with E-state index in [4.69, 9.17) is 4.74 Å². The zero-order chi connectivity index (χ0) is 16.8. The molecule has 122 valence electrons. The molecule has 0 spiro atoms. The number of para-hydroxylation sites is 1. The molecule has 2 aromatic rings. The van der Waals surface area contributed by atoms with Gasteiger partial charge in [-0.1, -0.05) is 48.5 Å². The lowest BCUT2D eigenvalue weighted by Gasteiger charge is -2.27. The van der Waals surface area contributed by atoms with Gasteiger partial charge in [0.1, 0.15) is 5.75 Å². The highest BCUT2D eigenvalue weighted by atomic mass is 16.5. The van der Waals surface area contributed by atoms with E-state index >= 15 is 0 Å². The van der Waals surface area contributed by atoms with Crippen molar-refractivity contribution in [2.24, 2.45) is 0 Å². The average molecular weight is 311 g/mol. The minimum Gasteiger partial charge on any atom is -0.483 e. The van der Waals surface area contributed by atoms with Crippen molar-refractivity contribution in [3.8, 4) is 5.75 Å². The smallest absolute Gasteiger partial charge is 0.261 e. The van der Waals surface area contributed by atoms with Crippen LogP contribution in [0.4, 0.5) is 0 Å². The Morgan fingerprint density at radius 2 is 1.61 bits per heavy atom. The standard InChI is InChI=1S/C20H25NO2/c1-15(2)21(13-18-11-6-5-7-12-18)19(22)14-23-20-16(3)9-8-10-17(20)4/h5-12,15H,13-14H2,1-4H3. The van der Waals surface area contributed by atoms with Gasteiger partial charge < -0.3 is 9.64 Å². The van der Waals surface area contributed by atoms with Crippen LogP contribution in [0.5, 0.6) is 5.75 Å². The van der Waals surface area contributed by atoms with Crippen LogP contribution in [0.15, 0.2) is 48.5 Å². The Bertz CT molecular complexity index is 630. The molecule has 0 saturated heterocycles. The molecule has 0 aliphatic heterocycles. The highest BCUT2D eigenvalue weighted by molar-refractivity contribution is 5.78. The number of aryl methyl sites for hydroxylation is 2. The summed E-state index contributed by atoms with van der Waals surface area (Å²) in [5.41, 5.74) is 3.23. The molecule has 0 unspecified atom stereocenters. The number of hydrogen-bond donors (Lipinski definition) is 0. The Morgan fingerprint density at radius 3 is 2.17 bits per heavy atom. The second-order valence-corrected chi connectivity index (χ2v) is 6.11. The summed E-state index contributed by atoms with van der Waals surface area (Å²) in [6, 6.07) is 16.2. The van der Waals surface area contributed by atoms with E-state index in [2.05, 4.69) is 0 Å². The third kappa shape index (κ3) is 4.59. The second kappa shape index (κ2) is 7.82. The molecular formula is C20H25NO2. The fourth-order valence-corrected chi connectivity index (χ4v) is 2.58. The van der Waals surface area contributed by atoms with Gasteiger partial charge in [-0.2, -0.15) is 0 Å². The van der Waals surface area contributed by atoms with E-state index in [1.165, 1.54) is 0 Å². The van der Waals surface area contributed by atoms with E-state index < -0.39 is 0 Å². The first-order valence-corrected chi connectivity index (χ1v) is 8.01. The van der Waals surface area contributed by atoms with Crippen molar-refractivity contribution in [3.05, 3.63) is 65.2 Å². The van der Waals surface area contributed by atoms with Crippen LogP contribution in [-0.4, -0.2) is 23.5 Å². The molecule has 0 aromatic heterocycles. The van der Waals surface area contributed by atoms with Gasteiger partial charge in [-0.15, -0.1) is 0 Å². The van der Waals surface area contributed by atoms with Gasteiger partial charge in [0.15, 0.2) is 6.61 Å². The van der Waals surface area contributed by atoms with Crippen molar-refractivity contribution in [1.82, 2.24) is 4.90 Å². The molecule has 2 aromatic carbocycles. The largest absolute Gasteiger partial charge is 0.483 e. The molecule has 0 atom stereocenters. The minimum atomic E-state index is 0.00602. The molecule has 0 fully saturated rings. The molecule has 3 nitrogen and oxygen atoms in total. The van der Waals surface area contributed by atoms with Crippen molar-refractivity contribution in [2.75, 3.05) is 6.61 Å². The maximum absolute atomic E-state index is 12.6. The summed E-state index contributed by atoms with van der Waals surface area (Å²) < 4.78 is 5.81. The Hall–Kier alpha value is -2.29. The van der Waals surface area contributed by atoms with Gasteiger partial charge in [0.25, 0.3) is 5.91 Å². The topological polar surface area (TPSA) is 29.5 Å². The predicted molar refractivity (Wildman–Crippen MR) is 93.5 cm³/mol. The van der Waals surface area contributed by atoms with E-state index in [9.17, 15) is 4.79 Å². The number of amides is 1. The van der Waals surface area contributed by atoms with Crippen molar-refractivity contribution in [1.29, 1.82) is 0 Å². The summed E-state index contributed by atoms with van der Waals surface area (Å²) in [5.74, 6) is 0.816. The predicted octanol–water partition coefficient (Wildman–Crippen LogP) is 4.12. The van der Waals surface area contributed by atoms with Crippen molar-refractivity contribution >= 4 is 5.91 Å². The van der Waals surface area contributed by atoms with E-state index in [0.717, 1.165) is 22.4 Å². The molecular weight excluding hydrogens is 286 g/mol. The van der Waals surface area contributed by atoms with E-state index in [0.29, 0.717) is 6.54 Å². The summed E-state index contributed by atoms with van der Waals surface area (Å²) in [6.45, 7) is 8.72. The first-order chi connectivity index (χ1) is 11.0. The zero-order valence-electron chi connectivity index (χ0n) is 14.4. The van der Waals surface area contributed by atoms with Crippen molar-refractivity contribution in [2.45, 2.75) is 40.3 Å². The maximum atomic E-state index is 12.6. The van der Waals surface area contributed by atoms with Gasteiger partial charge in [0.05, 0.1) is 0 Å². The number of nitrogens with zero attached hydrogens (tertiary/aromatic N) is 1. The van der Waals surface area contributed by atoms with Crippen molar-refractivity contribution in [3.63, 3.8) is 0 Å². The molecule has 0 aliphatic rings. The van der Waals surface area contributed by atoms with Crippen LogP contribution in [0, 0.1) is 13.8 Å². The Kier molecular flexibility index (Phi) is 5.80. The van der Waals surface area contributed by atoms with Crippen LogP contribution in [-0.2, 0) is 11.3 Å². The SMILES string of the molecule is Cc1cccc(C)c1OCC(=O)N(Cc1ccccc1)C(C)C. The molecule has 0 aliphatic carbocycles. The number of benzene rings is 2. The molecule has 0 saturated carbocycles. The molecule has 0 bridgehead atoms. The van der Waals surface area contributed by atoms with Crippen LogP contribution in [0.3, 0.4) is 0 Å². The Morgan fingerprint density at radius 1 is 1.00 bits per heavy atom. The lowest BCUT2D eigenvalue weighted by molar-refractivity contribution is -0.135. The van der Waals surface area contributed by atoms with Gasteiger partial charge in [0, 0.05) is 12.6 Å².